The molecule has 12 heteroatoms. The number of nitrogens with zero attached hydrogens (tertiary/aromatic N) is 4. The van der Waals surface area contributed by atoms with Crippen molar-refractivity contribution in [2.24, 2.45) is 0 Å². The van der Waals surface area contributed by atoms with Gasteiger partial charge in [-0.1, -0.05) is 23.7 Å². The Hall–Kier alpha value is -3.28. The van der Waals surface area contributed by atoms with Gasteiger partial charge in [-0.15, -0.1) is 0 Å². The van der Waals surface area contributed by atoms with Crippen molar-refractivity contribution in [1.82, 2.24) is 14.9 Å². The van der Waals surface area contributed by atoms with Crippen LogP contribution in [0, 0.1) is 0 Å². The normalized spacial score (nSPS) is 17.7. The van der Waals surface area contributed by atoms with Gasteiger partial charge >= 0.3 is 0 Å². The van der Waals surface area contributed by atoms with Crippen molar-refractivity contribution in [1.29, 1.82) is 0 Å². The lowest BCUT2D eigenvalue weighted by Crippen LogP contribution is -2.56. The third-order valence-corrected chi connectivity index (χ3v) is 6.73. The van der Waals surface area contributed by atoms with Gasteiger partial charge in [-0.05, 0) is 31.3 Å². The fourth-order valence-corrected chi connectivity index (χ4v) is 4.97. The summed E-state index contributed by atoms with van der Waals surface area (Å²) in [6, 6.07) is 13.2. The largest absolute Gasteiger partial charge is 0.489 e. The Bertz CT molecular complexity index is 1350. The van der Waals surface area contributed by atoms with Crippen molar-refractivity contribution in [3.05, 3.63) is 53.7 Å². The molecule has 3 aromatic rings. The van der Waals surface area contributed by atoms with Crippen LogP contribution in [-0.4, -0.2) is 68.9 Å². The van der Waals surface area contributed by atoms with Gasteiger partial charge in [0.1, 0.15) is 17.4 Å². The van der Waals surface area contributed by atoms with Gasteiger partial charge in [-0.25, -0.2) is 13.4 Å². The zero-order valence-corrected chi connectivity index (χ0v) is 20.9. The summed E-state index contributed by atoms with van der Waals surface area (Å²) in [6.45, 7) is 3.62. The van der Waals surface area contributed by atoms with Crippen LogP contribution in [0.2, 0.25) is 5.02 Å². The molecule has 0 saturated carbocycles. The summed E-state index contributed by atoms with van der Waals surface area (Å²) >= 11 is 6.32. The van der Waals surface area contributed by atoms with Crippen LogP contribution < -0.4 is 25.0 Å². The quantitative estimate of drug-likeness (QED) is 0.454. The van der Waals surface area contributed by atoms with Gasteiger partial charge in [-0.3, -0.25) is 4.72 Å². The van der Waals surface area contributed by atoms with Crippen molar-refractivity contribution in [3.63, 3.8) is 0 Å². The van der Waals surface area contributed by atoms with Gasteiger partial charge in [0.05, 0.1) is 35.6 Å². The van der Waals surface area contributed by atoms with Gasteiger partial charge in [0.2, 0.25) is 16.0 Å². The van der Waals surface area contributed by atoms with Gasteiger partial charge in [-0.2, -0.15) is 4.98 Å². The highest BCUT2D eigenvalue weighted by Crippen LogP contribution is 2.38. The second kappa shape index (κ2) is 9.40. The molecule has 3 N–H and O–H groups in total. The number of sulfonamides is 1. The molecule has 2 aliphatic heterocycles. The molecular formula is C23H26ClN7O3S. The zero-order chi connectivity index (χ0) is 24.6. The number of rotatable bonds is 6. The van der Waals surface area contributed by atoms with Crippen LogP contribution in [0.3, 0.4) is 0 Å². The molecule has 35 heavy (non-hydrogen) atoms. The van der Waals surface area contributed by atoms with E-state index in [0.717, 1.165) is 43.0 Å². The van der Waals surface area contributed by atoms with E-state index < -0.39 is 10.0 Å². The smallest absolute Gasteiger partial charge is 0.229 e. The van der Waals surface area contributed by atoms with Crippen LogP contribution >= 0.6 is 11.6 Å². The molecule has 0 aliphatic carbocycles. The number of piperazine rings is 1. The highest BCUT2D eigenvalue weighted by Gasteiger charge is 2.31. The maximum absolute atomic E-state index is 11.7. The second-order valence-corrected chi connectivity index (χ2v) is 10.8. The first kappa shape index (κ1) is 23.5. The van der Waals surface area contributed by atoms with E-state index in [2.05, 4.69) is 48.2 Å². The number of hydrogen-bond donors (Lipinski definition) is 3. The molecular weight excluding hydrogens is 490 g/mol. The Morgan fingerprint density at radius 1 is 1.11 bits per heavy atom. The average molecular weight is 516 g/mol. The lowest BCUT2D eigenvalue weighted by atomic mass is 10.1. The Balaban J connectivity index is 1.35. The number of para-hydroxylation sites is 2. The SMILES string of the molecule is CN1CCN2c3ccc(Nc4ncc(Cl)c(Nc5ccccc5NS(C)(=O)=O)n4)cc3OC[C@H]2C1. The minimum Gasteiger partial charge on any atom is -0.489 e. The number of nitrogens with one attached hydrogen (secondary N) is 3. The molecule has 3 heterocycles. The first-order chi connectivity index (χ1) is 16.7. The van der Waals surface area contributed by atoms with Crippen molar-refractivity contribution < 1.29 is 13.2 Å². The fraction of sp³-hybridized carbons (Fsp3) is 0.304. The number of hydrogen-bond acceptors (Lipinski definition) is 9. The van der Waals surface area contributed by atoms with Crippen LogP contribution in [0.1, 0.15) is 0 Å². The molecule has 0 unspecified atom stereocenters. The average Bonchev–Trinajstić information content (AvgIpc) is 2.81. The fourth-order valence-electron chi connectivity index (χ4n) is 4.25. The number of anilines is 6. The molecule has 5 rings (SSSR count). The number of fused-ring (bicyclic) bond motifs is 3. The molecule has 0 spiro atoms. The van der Waals surface area contributed by atoms with Crippen LogP contribution in [0.15, 0.2) is 48.7 Å². The Labute approximate surface area is 209 Å². The van der Waals surface area contributed by atoms with Crippen molar-refractivity contribution >= 4 is 56.1 Å². The molecule has 1 fully saturated rings. The van der Waals surface area contributed by atoms with Crippen LogP contribution in [0.5, 0.6) is 5.75 Å². The number of halogens is 1. The van der Waals surface area contributed by atoms with Crippen molar-refractivity contribution in [2.45, 2.75) is 6.04 Å². The molecule has 2 aliphatic rings. The van der Waals surface area contributed by atoms with E-state index in [-0.39, 0.29) is 0 Å². The molecule has 0 bridgehead atoms. The molecule has 0 amide bonds. The van der Waals surface area contributed by atoms with Gasteiger partial charge < -0.3 is 25.2 Å². The van der Waals surface area contributed by atoms with E-state index >= 15 is 0 Å². The standard InChI is InChI=1S/C23H26ClN7O3S/c1-30-9-10-31-16(13-30)14-34-21-11-15(7-8-20(21)31)26-23-25-12-17(24)22(28-23)27-18-5-3-4-6-19(18)29-35(2,32)33/h3-8,11-12,16,29H,9-10,13-14H2,1-2H3,(H2,25,26,27,28)/t16-/m1/s1. The summed E-state index contributed by atoms with van der Waals surface area (Å²) in [6.07, 6.45) is 2.57. The number of aromatic nitrogens is 2. The third kappa shape index (κ3) is 5.37. The third-order valence-electron chi connectivity index (χ3n) is 5.86. The van der Waals surface area contributed by atoms with Gasteiger partial charge in [0.25, 0.3) is 0 Å². The Morgan fingerprint density at radius 2 is 1.91 bits per heavy atom. The maximum atomic E-state index is 11.7. The van der Waals surface area contributed by atoms with Gasteiger partial charge in [0, 0.05) is 31.4 Å². The highest BCUT2D eigenvalue weighted by atomic mass is 35.5. The number of likely N-dealkylation sites (N-methyl/N-ethyl adjacent to an activating group) is 1. The predicted octanol–water partition coefficient (Wildman–Crippen LogP) is 3.50. The lowest BCUT2D eigenvalue weighted by Gasteiger charge is -2.44. The van der Waals surface area contributed by atoms with Crippen molar-refractivity contribution in [3.8, 4) is 5.75 Å². The first-order valence-electron chi connectivity index (χ1n) is 11.1. The predicted molar refractivity (Wildman–Crippen MR) is 139 cm³/mol. The van der Waals surface area contributed by atoms with Crippen LogP contribution in [-0.2, 0) is 10.0 Å². The molecule has 10 nitrogen and oxygen atoms in total. The molecule has 1 atom stereocenters. The number of ether oxygens (including phenoxy) is 1. The maximum Gasteiger partial charge on any atom is 0.229 e. The summed E-state index contributed by atoms with van der Waals surface area (Å²) in [4.78, 5) is 13.5. The Kier molecular flexibility index (Phi) is 6.30. The van der Waals surface area contributed by atoms with Crippen molar-refractivity contribution in [2.75, 3.05) is 59.8 Å². The summed E-state index contributed by atoms with van der Waals surface area (Å²) in [5, 5.41) is 6.58. The van der Waals surface area contributed by atoms with E-state index in [4.69, 9.17) is 16.3 Å². The van der Waals surface area contributed by atoms with Gasteiger partial charge in [0.15, 0.2) is 5.82 Å². The molecule has 184 valence electrons. The minimum absolute atomic E-state index is 0.291. The summed E-state index contributed by atoms with van der Waals surface area (Å²) in [7, 11) is -1.32. The van der Waals surface area contributed by atoms with E-state index in [1.54, 1.807) is 24.3 Å². The summed E-state index contributed by atoms with van der Waals surface area (Å²) < 4.78 is 32.0. The molecule has 0 radical (unpaired) electrons. The van der Waals surface area contributed by atoms with E-state index in [9.17, 15) is 8.42 Å². The molecule has 2 aromatic carbocycles. The summed E-state index contributed by atoms with van der Waals surface area (Å²) in [5.74, 6) is 1.49. The first-order valence-corrected chi connectivity index (χ1v) is 13.4. The summed E-state index contributed by atoms with van der Waals surface area (Å²) in [5.41, 5.74) is 2.76. The second-order valence-electron chi connectivity index (χ2n) is 8.66. The molecule has 1 aromatic heterocycles. The molecule has 1 saturated heterocycles. The minimum atomic E-state index is -3.45. The van der Waals surface area contributed by atoms with Crippen LogP contribution in [0.4, 0.5) is 34.5 Å². The topological polar surface area (TPSA) is 112 Å². The van der Waals surface area contributed by atoms with E-state index in [0.29, 0.717) is 40.8 Å². The number of benzene rings is 2. The van der Waals surface area contributed by atoms with Crippen LogP contribution in [0.25, 0.3) is 0 Å². The highest BCUT2D eigenvalue weighted by molar-refractivity contribution is 7.92. The van der Waals surface area contributed by atoms with E-state index in [1.165, 1.54) is 6.20 Å². The zero-order valence-electron chi connectivity index (χ0n) is 19.3. The Morgan fingerprint density at radius 3 is 2.71 bits per heavy atom. The van der Waals surface area contributed by atoms with E-state index in [1.807, 2.05) is 12.1 Å². The lowest BCUT2D eigenvalue weighted by molar-refractivity contribution is 0.188. The monoisotopic (exact) mass is 515 g/mol.